The van der Waals surface area contributed by atoms with Gasteiger partial charge in [-0.25, -0.2) is 0 Å². The third-order valence-electron chi connectivity index (χ3n) is 11.0. The minimum atomic E-state index is 0.348. The smallest absolute Gasteiger partial charge is 0.143 e. The fraction of sp³-hybridized carbons (Fsp3) is 0.0400. The van der Waals surface area contributed by atoms with Crippen LogP contribution in [-0.2, 0) is 0 Å². The lowest BCUT2D eigenvalue weighted by molar-refractivity contribution is 0.663. The number of fused-ring (bicyclic) bond motifs is 9. The zero-order chi connectivity index (χ0) is 34.2. The van der Waals surface area contributed by atoms with Gasteiger partial charge in [0.25, 0.3) is 0 Å². The van der Waals surface area contributed by atoms with Crippen molar-refractivity contribution in [1.82, 2.24) is 0 Å². The number of hydrogen-bond donors (Lipinski definition) is 0. The minimum absolute atomic E-state index is 0.348. The van der Waals surface area contributed by atoms with E-state index in [1.807, 2.05) is 6.07 Å². The van der Waals surface area contributed by atoms with Crippen molar-refractivity contribution >= 4 is 60.2 Å². The molecule has 0 fully saturated rings. The van der Waals surface area contributed by atoms with Gasteiger partial charge in [-0.05, 0) is 98.4 Å². The van der Waals surface area contributed by atoms with Gasteiger partial charge in [0.2, 0.25) is 0 Å². The SMILES string of the molecule is C1=CC2C=CC(c3cc(-c4ccc5c(c4)oc4c6ccccc6c(-c6ccccc6)cc54)cc(-c4cccc5oc6ccccc6c45)c3)=CC2C=C1. The third-order valence-corrected chi connectivity index (χ3v) is 11.0. The van der Waals surface area contributed by atoms with Crippen LogP contribution in [0.2, 0.25) is 0 Å². The second kappa shape index (κ2) is 11.4. The fourth-order valence-electron chi connectivity index (χ4n) is 8.44. The number of allylic oxidation sites excluding steroid dienone is 8. The van der Waals surface area contributed by atoms with Gasteiger partial charge < -0.3 is 8.83 Å². The van der Waals surface area contributed by atoms with Crippen LogP contribution in [0.25, 0.3) is 93.6 Å². The Bertz CT molecular complexity index is 3020. The number of benzene rings is 7. The van der Waals surface area contributed by atoms with Crippen molar-refractivity contribution in [2.45, 2.75) is 0 Å². The van der Waals surface area contributed by atoms with Gasteiger partial charge in [0, 0.05) is 38.8 Å². The van der Waals surface area contributed by atoms with Gasteiger partial charge in [-0.15, -0.1) is 0 Å². The van der Waals surface area contributed by atoms with Crippen molar-refractivity contribution in [1.29, 1.82) is 0 Å². The maximum atomic E-state index is 6.79. The maximum Gasteiger partial charge on any atom is 0.143 e. The molecule has 52 heavy (non-hydrogen) atoms. The minimum Gasteiger partial charge on any atom is -0.456 e. The average Bonchev–Trinajstić information content (AvgIpc) is 3.79. The molecule has 2 nitrogen and oxygen atoms in total. The van der Waals surface area contributed by atoms with Crippen LogP contribution in [0.1, 0.15) is 5.56 Å². The summed E-state index contributed by atoms with van der Waals surface area (Å²) in [6.45, 7) is 0. The zero-order valence-electron chi connectivity index (χ0n) is 28.3. The van der Waals surface area contributed by atoms with Crippen LogP contribution >= 0.6 is 0 Å². The van der Waals surface area contributed by atoms with Crippen molar-refractivity contribution in [3.05, 3.63) is 188 Å². The summed E-state index contributed by atoms with van der Waals surface area (Å²) < 4.78 is 13.1. The van der Waals surface area contributed by atoms with Crippen LogP contribution in [0.15, 0.2) is 191 Å². The summed E-state index contributed by atoms with van der Waals surface area (Å²) in [5, 5.41) is 6.84. The second-order valence-corrected chi connectivity index (χ2v) is 14.0. The average molecular weight is 665 g/mol. The molecule has 0 aliphatic heterocycles. The molecule has 9 aromatic rings. The predicted octanol–water partition coefficient (Wildman–Crippen LogP) is 14.0. The molecule has 7 aromatic carbocycles. The fourth-order valence-corrected chi connectivity index (χ4v) is 8.44. The molecule has 0 N–H and O–H groups in total. The molecule has 2 aromatic heterocycles. The van der Waals surface area contributed by atoms with E-state index in [0.717, 1.165) is 71.5 Å². The molecular weight excluding hydrogens is 633 g/mol. The van der Waals surface area contributed by atoms with E-state index in [2.05, 4.69) is 176 Å². The first-order valence-corrected chi connectivity index (χ1v) is 18.0. The van der Waals surface area contributed by atoms with Crippen LogP contribution in [-0.4, -0.2) is 0 Å². The summed E-state index contributed by atoms with van der Waals surface area (Å²) >= 11 is 0. The van der Waals surface area contributed by atoms with Crippen LogP contribution < -0.4 is 0 Å². The number of para-hydroxylation sites is 1. The molecule has 0 saturated carbocycles. The predicted molar refractivity (Wildman–Crippen MR) is 217 cm³/mol. The topological polar surface area (TPSA) is 26.3 Å². The molecule has 2 aliphatic rings. The van der Waals surface area contributed by atoms with E-state index in [0.29, 0.717) is 11.8 Å². The Hall–Kier alpha value is -6.64. The van der Waals surface area contributed by atoms with Crippen LogP contribution in [0.4, 0.5) is 0 Å². The standard InChI is InChI=1S/C50H32O2/c1-2-12-32(13-3-1)44-30-45-41-24-23-35(29-48(41)52-50(45)42-16-7-6-15-40(42)44)37-26-36(34-22-21-31-11-4-5-14-33(31)25-34)27-38(28-37)39-18-10-20-47-49(39)43-17-8-9-19-46(43)51-47/h1-31,33H. The molecule has 244 valence electrons. The molecule has 2 heterocycles. The highest BCUT2D eigenvalue weighted by Gasteiger charge is 2.21. The first-order valence-electron chi connectivity index (χ1n) is 18.0. The summed E-state index contributed by atoms with van der Waals surface area (Å²) in [5.41, 5.74) is 13.0. The highest BCUT2D eigenvalue weighted by Crippen LogP contribution is 2.43. The lowest BCUT2D eigenvalue weighted by atomic mass is 9.81. The molecule has 0 radical (unpaired) electrons. The van der Waals surface area contributed by atoms with Gasteiger partial charge in [-0.1, -0.05) is 134 Å². The largest absolute Gasteiger partial charge is 0.456 e. The van der Waals surface area contributed by atoms with Crippen molar-refractivity contribution in [2.75, 3.05) is 0 Å². The van der Waals surface area contributed by atoms with Gasteiger partial charge in [0.1, 0.15) is 22.3 Å². The lowest BCUT2D eigenvalue weighted by Crippen LogP contribution is -2.11. The van der Waals surface area contributed by atoms with E-state index in [-0.39, 0.29) is 0 Å². The van der Waals surface area contributed by atoms with E-state index in [9.17, 15) is 0 Å². The van der Waals surface area contributed by atoms with Gasteiger partial charge in [-0.3, -0.25) is 0 Å². The van der Waals surface area contributed by atoms with E-state index in [1.54, 1.807) is 0 Å². The third kappa shape index (κ3) is 4.58. The Morgan fingerprint density at radius 1 is 0.385 bits per heavy atom. The van der Waals surface area contributed by atoms with Gasteiger partial charge in [0.15, 0.2) is 0 Å². The summed E-state index contributed by atoms with van der Waals surface area (Å²) in [4.78, 5) is 0. The second-order valence-electron chi connectivity index (χ2n) is 14.0. The van der Waals surface area contributed by atoms with E-state index < -0.39 is 0 Å². The van der Waals surface area contributed by atoms with Crippen molar-refractivity contribution in [2.24, 2.45) is 11.8 Å². The first kappa shape index (κ1) is 29.1. The summed E-state index contributed by atoms with van der Waals surface area (Å²) in [5.74, 6) is 0.747. The molecule has 0 spiro atoms. The summed E-state index contributed by atoms with van der Waals surface area (Å²) in [7, 11) is 0. The molecule has 2 aliphatic carbocycles. The monoisotopic (exact) mass is 664 g/mol. The molecule has 11 rings (SSSR count). The Balaban J connectivity index is 1.12. The molecule has 2 atom stereocenters. The van der Waals surface area contributed by atoms with Crippen LogP contribution in [0, 0.1) is 11.8 Å². The van der Waals surface area contributed by atoms with Gasteiger partial charge in [-0.2, -0.15) is 0 Å². The summed E-state index contributed by atoms with van der Waals surface area (Å²) in [6.07, 6.45) is 16.0. The number of hydrogen-bond acceptors (Lipinski definition) is 2. The lowest BCUT2D eigenvalue weighted by Gasteiger charge is -2.23. The Kier molecular flexibility index (Phi) is 6.41. The summed E-state index contributed by atoms with van der Waals surface area (Å²) in [6, 6.07) is 50.0. The Labute approximate surface area is 300 Å². The van der Waals surface area contributed by atoms with Crippen LogP contribution in [0.5, 0.6) is 0 Å². The van der Waals surface area contributed by atoms with E-state index in [1.165, 1.54) is 27.6 Å². The highest BCUT2D eigenvalue weighted by molar-refractivity contribution is 6.19. The number of rotatable bonds is 4. The Morgan fingerprint density at radius 2 is 1.13 bits per heavy atom. The van der Waals surface area contributed by atoms with Gasteiger partial charge in [0.05, 0.1) is 0 Å². The molecule has 2 heteroatoms. The van der Waals surface area contributed by atoms with E-state index in [4.69, 9.17) is 8.83 Å². The maximum absolute atomic E-state index is 6.79. The molecule has 0 bridgehead atoms. The Morgan fingerprint density at radius 3 is 2.04 bits per heavy atom. The van der Waals surface area contributed by atoms with Crippen LogP contribution in [0.3, 0.4) is 0 Å². The van der Waals surface area contributed by atoms with E-state index >= 15 is 0 Å². The van der Waals surface area contributed by atoms with Gasteiger partial charge >= 0.3 is 0 Å². The van der Waals surface area contributed by atoms with Crippen molar-refractivity contribution < 1.29 is 8.83 Å². The molecular formula is C50H32O2. The number of furan rings is 2. The highest BCUT2D eigenvalue weighted by atomic mass is 16.3. The zero-order valence-corrected chi connectivity index (χ0v) is 28.3. The first-order chi connectivity index (χ1) is 25.7. The van der Waals surface area contributed by atoms with Crippen molar-refractivity contribution in [3.63, 3.8) is 0 Å². The van der Waals surface area contributed by atoms with Crippen molar-refractivity contribution in [3.8, 4) is 33.4 Å². The molecule has 0 saturated heterocycles. The quantitative estimate of drug-likeness (QED) is 0.187. The molecule has 2 unspecified atom stereocenters. The normalized spacial score (nSPS) is 16.7. The molecule has 0 amide bonds.